The van der Waals surface area contributed by atoms with Crippen molar-refractivity contribution in [1.82, 2.24) is 0 Å². The molecule has 1 aromatic rings. The van der Waals surface area contributed by atoms with Crippen molar-refractivity contribution in [2.24, 2.45) is 0 Å². The SMILES string of the molecule is Cc1cccc(C=CS(=O)(=O)F)c1. The number of hydrogen-bond donors (Lipinski definition) is 0. The Bertz CT molecular complexity index is 421. The minimum atomic E-state index is -4.52. The zero-order valence-corrected chi connectivity index (χ0v) is 7.88. The molecule has 0 aliphatic rings. The van der Waals surface area contributed by atoms with E-state index in [1.807, 2.05) is 13.0 Å². The maximum absolute atomic E-state index is 12.1. The van der Waals surface area contributed by atoms with E-state index >= 15 is 0 Å². The summed E-state index contributed by atoms with van der Waals surface area (Å²) in [7, 11) is -4.52. The molecule has 0 aliphatic carbocycles. The second kappa shape index (κ2) is 3.70. The molecule has 0 atom stereocenters. The molecule has 70 valence electrons. The molecular formula is C9H9FO2S. The van der Waals surface area contributed by atoms with E-state index in [1.54, 1.807) is 18.2 Å². The van der Waals surface area contributed by atoms with E-state index < -0.39 is 10.2 Å². The summed E-state index contributed by atoms with van der Waals surface area (Å²) < 4.78 is 32.3. The Morgan fingerprint density at radius 1 is 1.38 bits per heavy atom. The van der Waals surface area contributed by atoms with Gasteiger partial charge >= 0.3 is 10.2 Å². The zero-order chi connectivity index (χ0) is 9.90. The summed E-state index contributed by atoms with van der Waals surface area (Å²) in [6, 6.07) is 7.12. The Morgan fingerprint density at radius 3 is 2.62 bits per heavy atom. The lowest BCUT2D eigenvalue weighted by atomic mass is 10.1. The maximum Gasteiger partial charge on any atom is 0.325 e. The van der Waals surface area contributed by atoms with Crippen LogP contribution in [0.4, 0.5) is 3.89 Å². The third kappa shape index (κ3) is 3.85. The second-order valence-corrected chi connectivity index (χ2v) is 3.92. The van der Waals surface area contributed by atoms with Crippen molar-refractivity contribution in [2.75, 3.05) is 0 Å². The van der Waals surface area contributed by atoms with Crippen LogP contribution in [0.5, 0.6) is 0 Å². The van der Waals surface area contributed by atoms with Crippen LogP contribution >= 0.6 is 0 Å². The first-order valence-electron chi connectivity index (χ1n) is 3.67. The number of aryl methyl sites for hydroxylation is 1. The summed E-state index contributed by atoms with van der Waals surface area (Å²) in [5, 5.41) is 0.543. The molecule has 0 bridgehead atoms. The average Bonchev–Trinajstić information content (AvgIpc) is 2.00. The first-order valence-corrected chi connectivity index (χ1v) is 5.11. The third-order valence-corrected chi connectivity index (χ3v) is 1.93. The van der Waals surface area contributed by atoms with Crippen LogP contribution in [-0.2, 0) is 10.2 Å². The molecule has 0 radical (unpaired) electrons. The summed E-state index contributed by atoms with van der Waals surface area (Å²) in [5.41, 5.74) is 1.67. The van der Waals surface area contributed by atoms with Gasteiger partial charge in [0.05, 0.1) is 5.41 Å². The first-order chi connectivity index (χ1) is 5.97. The standard InChI is InChI=1S/C9H9FO2S/c1-8-3-2-4-9(7-8)5-6-13(10,11)12/h2-7H,1H3. The van der Waals surface area contributed by atoms with Gasteiger partial charge in [-0.3, -0.25) is 0 Å². The van der Waals surface area contributed by atoms with Crippen LogP contribution in [0.1, 0.15) is 11.1 Å². The fourth-order valence-corrected chi connectivity index (χ4v) is 1.25. The molecule has 0 saturated heterocycles. The minimum Gasteiger partial charge on any atom is -0.190 e. The average molecular weight is 200 g/mol. The normalized spacial score (nSPS) is 12.2. The molecule has 0 unspecified atom stereocenters. The van der Waals surface area contributed by atoms with E-state index in [4.69, 9.17) is 0 Å². The van der Waals surface area contributed by atoms with Gasteiger partial charge in [-0.05, 0) is 18.6 Å². The number of benzene rings is 1. The Hall–Kier alpha value is -1.16. The lowest BCUT2D eigenvalue weighted by molar-refractivity contribution is 0.563. The third-order valence-electron chi connectivity index (χ3n) is 1.47. The highest BCUT2D eigenvalue weighted by Gasteiger charge is 1.98. The summed E-state index contributed by atoms with van der Waals surface area (Å²) in [4.78, 5) is 0. The van der Waals surface area contributed by atoms with Gasteiger partial charge in [0.1, 0.15) is 0 Å². The highest BCUT2D eigenvalue weighted by atomic mass is 32.3. The van der Waals surface area contributed by atoms with Crippen molar-refractivity contribution in [3.63, 3.8) is 0 Å². The van der Waals surface area contributed by atoms with E-state index in [0.29, 0.717) is 11.0 Å². The number of halogens is 1. The predicted octanol–water partition coefficient (Wildman–Crippen LogP) is 2.27. The lowest BCUT2D eigenvalue weighted by Gasteiger charge is -1.93. The molecule has 0 spiro atoms. The van der Waals surface area contributed by atoms with Crippen LogP contribution in [0.2, 0.25) is 0 Å². The highest BCUT2D eigenvalue weighted by Crippen LogP contribution is 2.07. The molecule has 0 heterocycles. The van der Waals surface area contributed by atoms with Gasteiger partial charge in [0.25, 0.3) is 0 Å². The number of rotatable bonds is 2. The predicted molar refractivity (Wildman–Crippen MR) is 50.2 cm³/mol. The van der Waals surface area contributed by atoms with Crippen molar-refractivity contribution < 1.29 is 12.3 Å². The highest BCUT2D eigenvalue weighted by molar-refractivity contribution is 7.89. The Labute approximate surface area is 76.9 Å². The van der Waals surface area contributed by atoms with E-state index in [-0.39, 0.29) is 0 Å². The molecule has 13 heavy (non-hydrogen) atoms. The van der Waals surface area contributed by atoms with E-state index in [2.05, 4.69) is 0 Å². The van der Waals surface area contributed by atoms with Crippen molar-refractivity contribution in [3.05, 3.63) is 40.8 Å². The van der Waals surface area contributed by atoms with Gasteiger partial charge in [-0.15, -0.1) is 3.89 Å². The Morgan fingerprint density at radius 2 is 2.08 bits per heavy atom. The molecule has 0 fully saturated rings. The second-order valence-electron chi connectivity index (χ2n) is 2.69. The smallest absolute Gasteiger partial charge is 0.190 e. The zero-order valence-electron chi connectivity index (χ0n) is 7.07. The van der Waals surface area contributed by atoms with Gasteiger partial charge in [-0.25, -0.2) is 0 Å². The van der Waals surface area contributed by atoms with Crippen molar-refractivity contribution in [1.29, 1.82) is 0 Å². The molecule has 0 N–H and O–H groups in total. The summed E-state index contributed by atoms with van der Waals surface area (Å²) in [6.07, 6.45) is 1.22. The van der Waals surface area contributed by atoms with Gasteiger partial charge < -0.3 is 0 Å². The monoisotopic (exact) mass is 200 g/mol. The van der Waals surface area contributed by atoms with Gasteiger partial charge in [0.15, 0.2) is 0 Å². The molecule has 0 amide bonds. The Kier molecular flexibility index (Phi) is 2.83. The molecule has 0 saturated carbocycles. The van der Waals surface area contributed by atoms with Crippen LogP contribution in [0.15, 0.2) is 29.7 Å². The molecule has 1 rings (SSSR count). The van der Waals surface area contributed by atoms with Crippen molar-refractivity contribution in [3.8, 4) is 0 Å². The van der Waals surface area contributed by atoms with Crippen LogP contribution in [0.25, 0.3) is 6.08 Å². The maximum atomic E-state index is 12.1. The first kappa shape index (κ1) is 9.92. The fourth-order valence-electron chi connectivity index (χ4n) is 0.934. The van der Waals surface area contributed by atoms with Crippen LogP contribution in [-0.4, -0.2) is 8.42 Å². The summed E-state index contributed by atoms with van der Waals surface area (Å²) in [5.74, 6) is 0. The van der Waals surface area contributed by atoms with Crippen LogP contribution in [0, 0.1) is 6.92 Å². The lowest BCUT2D eigenvalue weighted by Crippen LogP contribution is -1.81. The quantitative estimate of drug-likeness (QED) is 0.686. The topological polar surface area (TPSA) is 34.1 Å². The van der Waals surface area contributed by atoms with E-state index in [0.717, 1.165) is 5.56 Å². The van der Waals surface area contributed by atoms with Crippen molar-refractivity contribution in [2.45, 2.75) is 6.92 Å². The van der Waals surface area contributed by atoms with Gasteiger partial charge in [0.2, 0.25) is 0 Å². The van der Waals surface area contributed by atoms with Crippen molar-refractivity contribution >= 4 is 16.3 Å². The summed E-state index contributed by atoms with van der Waals surface area (Å²) >= 11 is 0. The molecule has 2 nitrogen and oxygen atoms in total. The fraction of sp³-hybridized carbons (Fsp3) is 0.111. The van der Waals surface area contributed by atoms with E-state index in [1.165, 1.54) is 6.08 Å². The molecule has 0 aromatic heterocycles. The van der Waals surface area contributed by atoms with Gasteiger partial charge in [-0.2, -0.15) is 8.42 Å². The Balaban J connectivity index is 2.93. The molecule has 1 aromatic carbocycles. The molecule has 4 heteroatoms. The van der Waals surface area contributed by atoms with E-state index in [9.17, 15) is 12.3 Å². The minimum absolute atomic E-state index is 0.543. The largest absolute Gasteiger partial charge is 0.325 e. The molecule has 0 aliphatic heterocycles. The van der Waals surface area contributed by atoms with Gasteiger partial charge in [-0.1, -0.05) is 29.8 Å². The summed E-state index contributed by atoms with van der Waals surface area (Å²) in [6.45, 7) is 1.88. The van der Waals surface area contributed by atoms with Crippen LogP contribution in [0.3, 0.4) is 0 Å². The molecular weight excluding hydrogens is 191 g/mol. The van der Waals surface area contributed by atoms with Gasteiger partial charge in [0, 0.05) is 0 Å². The van der Waals surface area contributed by atoms with Crippen LogP contribution < -0.4 is 0 Å². The number of hydrogen-bond acceptors (Lipinski definition) is 2.